The molecular formula is C19H21N5O2S2. The zero-order valence-corrected chi connectivity index (χ0v) is 17.1. The van der Waals surface area contributed by atoms with Crippen LogP contribution in [0.2, 0.25) is 0 Å². The van der Waals surface area contributed by atoms with Crippen molar-refractivity contribution in [3.8, 4) is 5.75 Å². The molecule has 28 heavy (non-hydrogen) atoms. The molecule has 1 aromatic heterocycles. The minimum Gasteiger partial charge on any atom is -0.497 e. The maximum atomic E-state index is 12.3. The first-order valence-corrected chi connectivity index (χ1v) is 9.86. The number of hydrogen-bond acceptors (Lipinski definition) is 6. The summed E-state index contributed by atoms with van der Waals surface area (Å²) in [5.41, 5.74) is 7.25. The number of amides is 1. The Hall–Kier alpha value is -2.91. The fourth-order valence-electron chi connectivity index (χ4n) is 2.38. The van der Waals surface area contributed by atoms with Gasteiger partial charge in [0.2, 0.25) is 0 Å². The van der Waals surface area contributed by atoms with Crippen molar-refractivity contribution in [2.45, 2.75) is 19.5 Å². The first kappa shape index (κ1) is 19.8. The number of hydrogen-bond donors (Lipinski definition) is 4. The zero-order chi connectivity index (χ0) is 19.9. The standard InChI is InChI=1S/C19H21N5O2S2/c1-12(21-19-22-15-5-3-4-6-16(15)28-19)17(25)23-24-18(27)20-11-13-7-9-14(26-2)10-8-13/h3-10,12H,11H2,1-2H3,(H,21,22)(H,23,25)(H2,20,24,27)/t12-/m0/s1. The number of nitrogens with one attached hydrogen (secondary N) is 4. The summed E-state index contributed by atoms with van der Waals surface area (Å²) in [6.07, 6.45) is 0. The van der Waals surface area contributed by atoms with Crippen LogP contribution in [0.1, 0.15) is 12.5 Å². The second-order valence-electron chi connectivity index (χ2n) is 6.00. The van der Waals surface area contributed by atoms with E-state index in [9.17, 15) is 4.79 Å². The minimum atomic E-state index is -0.475. The molecule has 2 aromatic carbocycles. The van der Waals surface area contributed by atoms with Gasteiger partial charge in [-0.15, -0.1) is 0 Å². The van der Waals surface area contributed by atoms with Gasteiger partial charge in [-0.05, 0) is 49.0 Å². The summed E-state index contributed by atoms with van der Waals surface area (Å²) in [6, 6.07) is 15.0. The number of methoxy groups -OCH3 is 1. The molecule has 146 valence electrons. The number of carbonyl (C=O) groups is 1. The van der Waals surface area contributed by atoms with E-state index in [2.05, 4.69) is 26.5 Å². The van der Waals surface area contributed by atoms with Crippen LogP contribution in [0.4, 0.5) is 5.13 Å². The molecule has 4 N–H and O–H groups in total. The third-order valence-electron chi connectivity index (χ3n) is 3.94. The molecule has 0 spiro atoms. The molecule has 0 unspecified atom stereocenters. The number of aromatic nitrogens is 1. The highest BCUT2D eigenvalue weighted by molar-refractivity contribution is 7.80. The van der Waals surface area contributed by atoms with Gasteiger partial charge < -0.3 is 15.4 Å². The van der Waals surface area contributed by atoms with Crippen LogP contribution in [0.15, 0.2) is 48.5 Å². The van der Waals surface area contributed by atoms with Gasteiger partial charge in [-0.1, -0.05) is 35.6 Å². The Morgan fingerprint density at radius 1 is 1.18 bits per heavy atom. The quantitative estimate of drug-likeness (QED) is 0.364. The first-order chi connectivity index (χ1) is 13.5. The molecule has 0 saturated heterocycles. The van der Waals surface area contributed by atoms with Crippen LogP contribution in [0.25, 0.3) is 10.2 Å². The van der Waals surface area contributed by atoms with E-state index >= 15 is 0 Å². The normalized spacial score (nSPS) is 11.5. The average molecular weight is 416 g/mol. The predicted molar refractivity (Wildman–Crippen MR) is 116 cm³/mol. The van der Waals surface area contributed by atoms with Crippen molar-refractivity contribution in [3.63, 3.8) is 0 Å². The SMILES string of the molecule is COc1ccc(CNC(=S)NNC(=O)[C@H](C)Nc2nc3ccccc3s2)cc1. The molecule has 1 atom stereocenters. The third-order valence-corrected chi connectivity index (χ3v) is 5.15. The van der Waals surface area contributed by atoms with E-state index in [0.29, 0.717) is 16.8 Å². The first-order valence-electron chi connectivity index (χ1n) is 8.64. The maximum absolute atomic E-state index is 12.3. The van der Waals surface area contributed by atoms with Gasteiger partial charge in [-0.2, -0.15) is 0 Å². The highest BCUT2D eigenvalue weighted by atomic mass is 32.1. The van der Waals surface area contributed by atoms with Crippen LogP contribution in [0.3, 0.4) is 0 Å². The van der Waals surface area contributed by atoms with E-state index in [1.54, 1.807) is 14.0 Å². The van der Waals surface area contributed by atoms with Crippen molar-refractivity contribution in [2.75, 3.05) is 12.4 Å². The number of thiazole rings is 1. The Labute approximate surface area is 172 Å². The van der Waals surface area contributed by atoms with Gasteiger partial charge in [-0.25, -0.2) is 4.98 Å². The van der Waals surface area contributed by atoms with Crippen molar-refractivity contribution in [1.82, 2.24) is 21.2 Å². The van der Waals surface area contributed by atoms with E-state index < -0.39 is 6.04 Å². The lowest BCUT2D eigenvalue weighted by Crippen LogP contribution is -2.50. The van der Waals surface area contributed by atoms with Gasteiger partial charge in [0.05, 0.1) is 17.3 Å². The fraction of sp³-hybridized carbons (Fsp3) is 0.211. The average Bonchev–Trinajstić information content (AvgIpc) is 3.13. The van der Waals surface area contributed by atoms with Gasteiger partial charge >= 0.3 is 0 Å². The molecule has 0 aliphatic heterocycles. The van der Waals surface area contributed by atoms with Crippen molar-refractivity contribution >= 4 is 49.9 Å². The Morgan fingerprint density at radius 2 is 1.93 bits per heavy atom. The van der Waals surface area contributed by atoms with Gasteiger partial charge in [-0.3, -0.25) is 15.6 Å². The van der Waals surface area contributed by atoms with E-state index in [-0.39, 0.29) is 5.91 Å². The topological polar surface area (TPSA) is 87.3 Å². The Morgan fingerprint density at radius 3 is 2.64 bits per heavy atom. The maximum Gasteiger partial charge on any atom is 0.260 e. The van der Waals surface area contributed by atoms with Crippen LogP contribution in [0.5, 0.6) is 5.75 Å². The molecule has 0 saturated carbocycles. The van der Waals surface area contributed by atoms with Crippen molar-refractivity contribution < 1.29 is 9.53 Å². The van der Waals surface area contributed by atoms with Crippen LogP contribution in [-0.4, -0.2) is 29.2 Å². The second-order valence-corrected chi connectivity index (χ2v) is 7.44. The summed E-state index contributed by atoms with van der Waals surface area (Å²) in [4.78, 5) is 16.7. The van der Waals surface area contributed by atoms with Crippen LogP contribution in [0, 0.1) is 0 Å². The summed E-state index contributed by atoms with van der Waals surface area (Å²) in [6.45, 7) is 2.29. The third kappa shape index (κ3) is 5.30. The molecule has 1 heterocycles. The number of ether oxygens (including phenoxy) is 1. The van der Waals surface area contributed by atoms with Crippen molar-refractivity contribution in [3.05, 3.63) is 54.1 Å². The summed E-state index contributed by atoms with van der Waals surface area (Å²) >= 11 is 6.69. The predicted octanol–water partition coefficient (Wildman–Crippen LogP) is 2.80. The molecule has 0 radical (unpaired) electrons. The van der Waals surface area contributed by atoms with Crippen LogP contribution < -0.4 is 26.2 Å². The molecule has 3 aromatic rings. The molecular weight excluding hydrogens is 394 g/mol. The number of fused-ring (bicyclic) bond motifs is 1. The summed E-state index contributed by atoms with van der Waals surface area (Å²) in [5, 5.41) is 7.16. The van der Waals surface area contributed by atoms with Gasteiger partial charge in [0.1, 0.15) is 11.8 Å². The number of para-hydroxylation sites is 1. The number of carbonyl (C=O) groups excluding carboxylic acids is 1. The molecule has 0 aliphatic rings. The molecule has 9 heteroatoms. The number of benzene rings is 2. The van der Waals surface area contributed by atoms with Gasteiger partial charge in [0.15, 0.2) is 10.2 Å². The minimum absolute atomic E-state index is 0.243. The monoisotopic (exact) mass is 415 g/mol. The lowest BCUT2D eigenvalue weighted by atomic mass is 10.2. The van der Waals surface area contributed by atoms with E-state index in [1.807, 2.05) is 48.5 Å². The smallest absolute Gasteiger partial charge is 0.260 e. The van der Waals surface area contributed by atoms with E-state index in [0.717, 1.165) is 21.5 Å². The van der Waals surface area contributed by atoms with Gasteiger partial charge in [0, 0.05) is 6.54 Å². The molecule has 0 fully saturated rings. The Balaban J connectivity index is 1.42. The van der Waals surface area contributed by atoms with E-state index in [1.165, 1.54) is 11.3 Å². The second kappa shape index (κ2) is 9.34. The fourth-order valence-corrected chi connectivity index (χ4v) is 3.46. The molecule has 0 aliphatic carbocycles. The lowest BCUT2D eigenvalue weighted by Gasteiger charge is -2.15. The summed E-state index contributed by atoms with van der Waals surface area (Å²) in [7, 11) is 1.63. The number of hydrazine groups is 1. The number of rotatable bonds is 6. The lowest BCUT2D eigenvalue weighted by molar-refractivity contribution is -0.122. The van der Waals surface area contributed by atoms with Crippen LogP contribution in [-0.2, 0) is 11.3 Å². The Bertz CT molecular complexity index is 925. The molecule has 0 bridgehead atoms. The van der Waals surface area contributed by atoms with E-state index in [4.69, 9.17) is 17.0 Å². The molecule has 3 rings (SSSR count). The molecule has 1 amide bonds. The van der Waals surface area contributed by atoms with Crippen LogP contribution >= 0.6 is 23.6 Å². The summed E-state index contributed by atoms with van der Waals surface area (Å²) in [5.74, 6) is 0.555. The zero-order valence-electron chi connectivity index (χ0n) is 15.5. The highest BCUT2D eigenvalue weighted by Crippen LogP contribution is 2.25. The van der Waals surface area contributed by atoms with Crippen molar-refractivity contribution in [1.29, 1.82) is 0 Å². The van der Waals surface area contributed by atoms with Crippen molar-refractivity contribution in [2.24, 2.45) is 0 Å². The summed E-state index contributed by atoms with van der Waals surface area (Å²) < 4.78 is 6.20. The largest absolute Gasteiger partial charge is 0.497 e. The Kier molecular flexibility index (Phi) is 6.62. The highest BCUT2D eigenvalue weighted by Gasteiger charge is 2.14. The van der Waals surface area contributed by atoms with Gasteiger partial charge in [0.25, 0.3) is 5.91 Å². The molecule has 7 nitrogen and oxygen atoms in total. The number of nitrogens with zero attached hydrogens (tertiary/aromatic N) is 1. The number of thiocarbonyl (C=S) groups is 1. The number of anilines is 1.